The van der Waals surface area contributed by atoms with E-state index in [4.69, 9.17) is 5.73 Å². The van der Waals surface area contributed by atoms with E-state index < -0.39 is 5.91 Å². The zero-order valence-corrected chi connectivity index (χ0v) is 12.0. The molecule has 0 atom stereocenters. The highest BCUT2D eigenvalue weighted by Crippen LogP contribution is 2.09. The zero-order valence-electron chi connectivity index (χ0n) is 12.0. The number of amides is 1. The van der Waals surface area contributed by atoms with Crippen LogP contribution in [0.1, 0.15) is 29.3 Å². The summed E-state index contributed by atoms with van der Waals surface area (Å²) >= 11 is 0. The van der Waals surface area contributed by atoms with Gasteiger partial charge in [0.15, 0.2) is 0 Å². The van der Waals surface area contributed by atoms with E-state index in [2.05, 4.69) is 5.32 Å². The van der Waals surface area contributed by atoms with Gasteiger partial charge in [-0.05, 0) is 30.2 Å². The summed E-state index contributed by atoms with van der Waals surface area (Å²) in [5.41, 5.74) is 7.58. The lowest BCUT2D eigenvalue weighted by molar-refractivity contribution is 0.1000. The Hall–Kier alpha value is -2.56. The van der Waals surface area contributed by atoms with E-state index in [9.17, 15) is 9.59 Å². The molecule has 0 aliphatic heterocycles. The second-order valence-electron chi connectivity index (χ2n) is 4.87. The molecule has 0 saturated carbocycles. The Labute approximate surface area is 123 Å². The van der Waals surface area contributed by atoms with Gasteiger partial charge >= 0.3 is 0 Å². The molecule has 2 rings (SSSR count). The lowest BCUT2D eigenvalue weighted by Crippen LogP contribution is -2.18. The molecule has 0 saturated heterocycles. The quantitative estimate of drug-likeness (QED) is 0.852. The third-order valence-corrected chi connectivity index (χ3v) is 3.16. The van der Waals surface area contributed by atoms with Crippen LogP contribution in [0.5, 0.6) is 0 Å². The normalized spacial score (nSPS) is 10.3. The molecule has 5 nitrogen and oxygen atoms in total. The van der Waals surface area contributed by atoms with Crippen LogP contribution >= 0.6 is 0 Å². The van der Waals surface area contributed by atoms with Crippen molar-refractivity contribution in [2.24, 2.45) is 5.73 Å². The topological polar surface area (TPSA) is 77.1 Å². The number of pyridine rings is 1. The van der Waals surface area contributed by atoms with Crippen molar-refractivity contribution in [3.05, 3.63) is 64.1 Å². The largest absolute Gasteiger partial charge is 0.380 e. The lowest BCUT2D eigenvalue weighted by Gasteiger charge is -2.10. The molecule has 0 bridgehead atoms. The third-order valence-electron chi connectivity index (χ3n) is 3.16. The predicted octanol–water partition coefficient (Wildman–Crippen LogP) is 1.97. The van der Waals surface area contributed by atoms with Gasteiger partial charge < -0.3 is 15.6 Å². The van der Waals surface area contributed by atoms with Crippen LogP contribution in [0.15, 0.2) is 47.4 Å². The molecule has 2 aromatic rings. The highest BCUT2D eigenvalue weighted by atomic mass is 16.1. The van der Waals surface area contributed by atoms with Crippen molar-refractivity contribution in [2.75, 3.05) is 5.32 Å². The number of hydrogen-bond donors (Lipinski definition) is 2. The van der Waals surface area contributed by atoms with Crippen LogP contribution in [0.25, 0.3) is 0 Å². The van der Waals surface area contributed by atoms with Crippen molar-refractivity contribution in [2.45, 2.75) is 26.4 Å². The number of aryl methyl sites for hydroxylation is 1. The Kier molecular flexibility index (Phi) is 4.77. The molecular weight excluding hydrogens is 266 g/mol. The average Bonchev–Trinajstić information content (AvgIpc) is 2.48. The van der Waals surface area contributed by atoms with E-state index in [1.807, 2.05) is 19.2 Å². The minimum absolute atomic E-state index is 0.00174. The van der Waals surface area contributed by atoms with Gasteiger partial charge in [-0.25, -0.2) is 0 Å². The highest BCUT2D eigenvalue weighted by Gasteiger charge is 2.02. The SMILES string of the molecule is CCCn1cc(NCc2cccc(C(N)=O)c2)ccc1=O. The second kappa shape index (κ2) is 6.74. The average molecular weight is 285 g/mol. The van der Waals surface area contributed by atoms with Gasteiger partial charge in [0.1, 0.15) is 0 Å². The number of primary amides is 1. The summed E-state index contributed by atoms with van der Waals surface area (Å²) < 4.78 is 1.68. The molecule has 21 heavy (non-hydrogen) atoms. The first-order valence-electron chi connectivity index (χ1n) is 6.93. The Morgan fingerprint density at radius 2 is 2.10 bits per heavy atom. The van der Waals surface area contributed by atoms with Crippen LogP contribution in [0, 0.1) is 0 Å². The van der Waals surface area contributed by atoms with E-state index in [0.717, 1.165) is 17.7 Å². The Morgan fingerprint density at radius 1 is 1.29 bits per heavy atom. The van der Waals surface area contributed by atoms with Gasteiger partial charge in [-0.2, -0.15) is 0 Å². The van der Waals surface area contributed by atoms with Gasteiger partial charge in [0, 0.05) is 30.9 Å². The van der Waals surface area contributed by atoms with Gasteiger partial charge in [-0.1, -0.05) is 19.1 Å². The number of anilines is 1. The Bertz CT molecular complexity index is 692. The number of nitrogens with one attached hydrogen (secondary N) is 1. The summed E-state index contributed by atoms with van der Waals surface area (Å²) in [5, 5.41) is 3.24. The Morgan fingerprint density at radius 3 is 2.81 bits per heavy atom. The molecule has 0 radical (unpaired) electrons. The van der Waals surface area contributed by atoms with Crippen LogP contribution in [-0.4, -0.2) is 10.5 Å². The molecule has 0 spiro atoms. The number of hydrogen-bond acceptors (Lipinski definition) is 3. The van der Waals surface area contributed by atoms with Gasteiger partial charge in [-0.3, -0.25) is 9.59 Å². The first-order chi connectivity index (χ1) is 10.1. The molecule has 1 aromatic carbocycles. The number of carbonyl (C=O) groups excluding carboxylic acids is 1. The minimum atomic E-state index is -0.437. The van der Waals surface area contributed by atoms with Crippen LogP contribution in [0.4, 0.5) is 5.69 Å². The summed E-state index contributed by atoms with van der Waals surface area (Å²) in [7, 11) is 0. The maximum atomic E-state index is 11.6. The smallest absolute Gasteiger partial charge is 0.250 e. The van der Waals surface area contributed by atoms with Crippen molar-refractivity contribution >= 4 is 11.6 Å². The van der Waals surface area contributed by atoms with E-state index >= 15 is 0 Å². The monoisotopic (exact) mass is 285 g/mol. The van der Waals surface area contributed by atoms with Gasteiger partial charge in [-0.15, -0.1) is 0 Å². The fraction of sp³-hybridized carbons (Fsp3) is 0.250. The maximum absolute atomic E-state index is 11.6. The van der Waals surface area contributed by atoms with E-state index in [1.165, 1.54) is 0 Å². The maximum Gasteiger partial charge on any atom is 0.250 e. The molecule has 5 heteroatoms. The van der Waals surface area contributed by atoms with Crippen molar-refractivity contribution < 1.29 is 4.79 Å². The number of rotatable bonds is 6. The standard InChI is InChI=1S/C16H19N3O2/c1-2-8-19-11-14(6-7-15(19)20)18-10-12-4-3-5-13(9-12)16(17)21/h3-7,9,11,18H,2,8,10H2,1H3,(H2,17,21). The van der Waals surface area contributed by atoms with E-state index in [1.54, 1.807) is 34.9 Å². The molecule has 110 valence electrons. The van der Waals surface area contributed by atoms with Crippen LogP contribution in [0.2, 0.25) is 0 Å². The van der Waals surface area contributed by atoms with E-state index in [-0.39, 0.29) is 5.56 Å². The molecule has 3 N–H and O–H groups in total. The Balaban J connectivity index is 2.09. The molecule has 0 unspecified atom stereocenters. The lowest BCUT2D eigenvalue weighted by atomic mass is 10.1. The molecule has 0 aliphatic carbocycles. The molecular formula is C16H19N3O2. The number of carbonyl (C=O) groups is 1. The van der Waals surface area contributed by atoms with Crippen LogP contribution in [0.3, 0.4) is 0 Å². The fourth-order valence-electron chi connectivity index (χ4n) is 2.09. The van der Waals surface area contributed by atoms with Crippen molar-refractivity contribution in [3.63, 3.8) is 0 Å². The molecule has 1 heterocycles. The number of aromatic nitrogens is 1. The molecule has 1 amide bonds. The van der Waals surface area contributed by atoms with Crippen molar-refractivity contribution in [1.82, 2.24) is 4.57 Å². The number of benzene rings is 1. The minimum Gasteiger partial charge on any atom is -0.380 e. The first kappa shape index (κ1) is 14.8. The summed E-state index contributed by atoms with van der Waals surface area (Å²) in [4.78, 5) is 22.8. The summed E-state index contributed by atoms with van der Waals surface area (Å²) in [6.45, 7) is 3.29. The third kappa shape index (κ3) is 3.95. The van der Waals surface area contributed by atoms with Gasteiger partial charge in [0.25, 0.3) is 5.56 Å². The number of nitrogens with two attached hydrogens (primary N) is 1. The second-order valence-corrected chi connectivity index (χ2v) is 4.87. The summed E-state index contributed by atoms with van der Waals surface area (Å²) in [6, 6.07) is 10.5. The molecule has 0 aliphatic rings. The summed E-state index contributed by atoms with van der Waals surface area (Å²) in [6.07, 6.45) is 2.72. The fourth-order valence-corrected chi connectivity index (χ4v) is 2.09. The first-order valence-corrected chi connectivity index (χ1v) is 6.93. The molecule has 0 fully saturated rings. The summed E-state index contributed by atoms with van der Waals surface area (Å²) in [5.74, 6) is -0.437. The van der Waals surface area contributed by atoms with Crippen molar-refractivity contribution in [3.8, 4) is 0 Å². The highest BCUT2D eigenvalue weighted by molar-refractivity contribution is 5.92. The van der Waals surface area contributed by atoms with Crippen LogP contribution < -0.4 is 16.6 Å². The van der Waals surface area contributed by atoms with Crippen LogP contribution in [-0.2, 0) is 13.1 Å². The predicted molar refractivity (Wildman–Crippen MR) is 83.3 cm³/mol. The van der Waals surface area contributed by atoms with Crippen molar-refractivity contribution in [1.29, 1.82) is 0 Å². The van der Waals surface area contributed by atoms with Gasteiger partial charge in [0.2, 0.25) is 5.91 Å². The van der Waals surface area contributed by atoms with E-state index in [0.29, 0.717) is 18.7 Å². The molecule has 1 aromatic heterocycles. The van der Waals surface area contributed by atoms with Gasteiger partial charge in [0.05, 0.1) is 5.69 Å². The zero-order chi connectivity index (χ0) is 15.2. The number of nitrogens with zero attached hydrogens (tertiary/aromatic N) is 1.